The van der Waals surface area contributed by atoms with Crippen LogP contribution < -0.4 is 9.47 Å². The van der Waals surface area contributed by atoms with E-state index in [0.29, 0.717) is 46.8 Å². The van der Waals surface area contributed by atoms with E-state index in [1.807, 2.05) is 12.1 Å². The molecule has 1 aromatic carbocycles. The number of rotatable bonds is 10. The van der Waals surface area contributed by atoms with Gasteiger partial charge in [-0.25, -0.2) is 24.3 Å². The number of hydrogen-bond acceptors (Lipinski definition) is 15. The van der Waals surface area contributed by atoms with Gasteiger partial charge in [0.25, 0.3) is 0 Å². The van der Waals surface area contributed by atoms with Crippen LogP contribution in [0.25, 0.3) is 0 Å². The molecule has 2 aliphatic rings. The molecule has 0 unspecified atom stereocenters. The number of hydrogen-bond donors (Lipinski definition) is 0. The summed E-state index contributed by atoms with van der Waals surface area (Å²) in [5.74, 6) is -1.52. The van der Waals surface area contributed by atoms with Crippen molar-refractivity contribution in [2.24, 2.45) is 0 Å². The fourth-order valence-corrected chi connectivity index (χ4v) is 8.06. The van der Waals surface area contributed by atoms with Gasteiger partial charge in [0.05, 0.1) is 41.3 Å². The van der Waals surface area contributed by atoms with Crippen LogP contribution >= 0.6 is 47.0 Å². The Labute approximate surface area is 228 Å². The summed E-state index contributed by atoms with van der Waals surface area (Å²) in [5.41, 5.74) is 0.485. The van der Waals surface area contributed by atoms with Crippen molar-refractivity contribution in [3.05, 3.63) is 19.6 Å². The van der Waals surface area contributed by atoms with Gasteiger partial charge >= 0.3 is 11.9 Å². The topological polar surface area (TPSA) is 161 Å². The molecule has 0 N–H and O–H groups in total. The first-order valence-electron chi connectivity index (χ1n) is 10.4. The Morgan fingerprint density at radius 1 is 0.703 bits per heavy atom. The van der Waals surface area contributed by atoms with Crippen LogP contribution in [0.1, 0.15) is 20.8 Å². The number of allylic oxidation sites excluding steroid dienone is 1. The smallest absolute Gasteiger partial charge is 0.416 e. The van der Waals surface area contributed by atoms with E-state index in [0.717, 1.165) is 23.5 Å². The summed E-state index contributed by atoms with van der Waals surface area (Å²) >= 11 is 4.46. The normalized spacial score (nSPS) is 13.2. The lowest BCUT2D eigenvalue weighted by atomic mass is 10.3. The summed E-state index contributed by atoms with van der Waals surface area (Å²) in [5, 5.41) is 27.8. The lowest BCUT2D eigenvalue weighted by Gasteiger charge is -2.14. The lowest BCUT2D eigenvalue weighted by Crippen LogP contribution is -2.08. The van der Waals surface area contributed by atoms with E-state index in [1.165, 1.54) is 36.5 Å². The molecule has 0 fully saturated rings. The zero-order valence-corrected chi connectivity index (χ0v) is 22.8. The van der Waals surface area contributed by atoms with E-state index in [9.17, 15) is 20.1 Å². The molecule has 0 atom stereocenters. The maximum atomic E-state index is 12.0. The van der Waals surface area contributed by atoms with E-state index in [4.69, 9.17) is 34.3 Å². The average Bonchev–Trinajstić information content (AvgIpc) is 3.51. The highest BCUT2D eigenvalue weighted by Gasteiger charge is 2.39. The van der Waals surface area contributed by atoms with Crippen LogP contribution in [0.4, 0.5) is 0 Å². The van der Waals surface area contributed by atoms with Crippen LogP contribution in [0.2, 0.25) is 0 Å². The van der Waals surface area contributed by atoms with Gasteiger partial charge in [-0.15, -0.1) is 0 Å². The van der Waals surface area contributed by atoms with Gasteiger partial charge in [-0.3, -0.25) is 4.79 Å². The van der Waals surface area contributed by atoms with Crippen LogP contribution in [-0.2, 0) is 29.1 Å². The number of fused-ring (bicyclic) bond motifs is 2. The highest BCUT2D eigenvalue weighted by Crippen LogP contribution is 2.68. The Balaban J connectivity index is 2.19. The third kappa shape index (κ3) is 6.82. The van der Waals surface area contributed by atoms with Crippen molar-refractivity contribution in [2.45, 2.75) is 40.4 Å². The number of nitrogens with zero attached hydrogens (tertiary/aromatic N) is 3. The Kier molecular flexibility index (Phi) is 10.8. The Bertz CT molecular complexity index is 1280. The third-order valence-electron chi connectivity index (χ3n) is 4.13. The SMILES string of the molecule is CCOOCC(COOCC)=C1Sc2c(OC(C)=O)c3c(c(OC(=O)C#N)c2S1)SC(=C(C#N)C#N)S3. The van der Waals surface area contributed by atoms with Crippen molar-refractivity contribution >= 4 is 59.0 Å². The van der Waals surface area contributed by atoms with Gasteiger partial charge in [0, 0.05) is 12.5 Å². The van der Waals surface area contributed by atoms with Gasteiger partial charge in [0.1, 0.15) is 30.9 Å². The average molecular weight is 580 g/mol. The minimum Gasteiger partial charge on any atom is -0.424 e. The zero-order chi connectivity index (χ0) is 26.9. The van der Waals surface area contributed by atoms with Crippen molar-refractivity contribution in [2.75, 3.05) is 26.4 Å². The predicted molar refractivity (Wildman–Crippen MR) is 133 cm³/mol. The molecule has 0 saturated carbocycles. The summed E-state index contributed by atoms with van der Waals surface area (Å²) in [7, 11) is 0. The number of carbonyl (C=O) groups excluding carboxylic acids is 2. The second-order valence-corrected chi connectivity index (χ2v) is 11.2. The molecular weight excluding hydrogens is 563 g/mol. The largest absolute Gasteiger partial charge is 0.424 e. The number of esters is 2. The predicted octanol–water partition coefficient (Wildman–Crippen LogP) is 4.84. The number of ether oxygens (including phenoxy) is 2. The molecule has 0 aliphatic carbocycles. The number of benzene rings is 1. The second kappa shape index (κ2) is 13.8. The molecule has 0 aromatic heterocycles. The van der Waals surface area contributed by atoms with Gasteiger partial charge in [0.15, 0.2) is 17.6 Å². The maximum Gasteiger partial charge on any atom is 0.416 e. The minimum atomic E-state index is -1.16. The number of thioether (sulfide) groups is 4. The Morgan fingerprint density at radius 3 is 1.57 bits per heavy atom. The van der Waals surface area contributed by atoms with E-state index in [2.05, 4.69) is 0 Å². The van der Waals surface area contributed by atoms with Crippen molar-refractivity contribution in [1.82, 2.24) is 0 Å². The molecule has 0 spiro atoms. The van der Waals surface area contributed by atoms with Gasteiger partial charge in [0.2, 0.25) is 0 Å². The molecule has 0 saturated heterocycles. The minimum absolute atomic E-state index is 0.0320. The first kappa shape index (κ1) is 28.9. The van der Waals surface area contributed by atoms with Crippen molar-refractivity contribution in [1.29, 1.82) is 15.8 Å². The zero-order valence-electron chi connectivity index (χ0n) is 19.6. The van der Waals surface area contributed by atoms with E-state index in [1.54, 1.807) is 13.8 Å². The van der Waals surface area contributed by atoms with Gasteiger partial charge < -0.3 is 9.47 Å². The molecule has 0 amide bonds. The summed E-state index contributed by atoms with van der Waals surface area (Å²) in [4.78, 5) is 46.1. The van der Waals surface area contributed by atoms with Crippen LogP contribution in [0.15, 0.2) is 39.2 Å². The number of nitriles is 3. The second-order valence-electron chi connectivity index (χ2n) is 6.59. The van der Waals surface area contributed by atoms with Gasteiger partial charge in [-0.2, -0.15) is 15.8 Å². The molecule has 11 nitrogen and oxygen atoms in total. The fraction of sp³-hybridized carbons (Fsp3) is 0.318. The van der Waals surface area contributed by atoms with E-state index < -0.39 is 11.9 Å². The molecule has 2 aliphatic heterocycles. The molecule has 2 heterocycles. The van der Waals surface area contributed by atoms with Crippen molar-refractivity contribution in [3.8, 4) is 29.7 Å². The van der Waals surface area contributed by atoms with Crippen molar-refractivity contribution < 1.29 is 38.6 Å². The molecule has 0 radical (unpaired) electrons. The first-order chi connectivity index (χ1) is 17.9. The van der Waals surface area contributed by atoms with Crippen LogP contribution in [0, 0.1) is 34.0 Å². The van der Waals surface area contributed by atoms with Crippen molar-refractivity contribution in [3.63, 3.8) is 0 Å². The maximum absolute atomic E-state index is 12.0. The van der Waals surface area contributed by atoms with Gasteiger partial charge in [-0.1, -0.05) is 47.0 Å². The van der Waals surface area contributed by atoms with Crippen LogP contribution in [0.5, 0.6) is 11.5 Å². The highest BCUT2D eigenvalue weighted by molar-refractivity contribution is 8.25. The third-order valence-corrected chi connectivity index (χ3v) is 9.49. The lowest BCUT2D eigenvalue weighted by molar-refractivity contribution is -0.299. The molecule has 15 heteroatoms. The van der Waals surface area contributed by atoms with E-state index >= 15 is 0 Å². The number of carbonyl (C=O) groups is 2. The molecule has 37 heavy (non-hydrogen) atoms. The summed E-state index contributed by atoms with van der Waals surface area (Å²) in [6.07, 6.45) is 0. The fourth-order valence-electron chi connectivity index (χ4n) is 2.76. The standard InChI is InChI=1S/C22H17N3O8S4/c1-4-28-30-9-13(10-31-29-5-2)22-36-18-15(32-11(3)26)17-19(35-21(34-17)12(6-23)7-24)16(20(18)37-22)33-14(27)8-25/h4-5,9-10H2,1-3H3. The van der Waals surface area contributed by atoms with E-state index in [-0.39, 0.29) is 30.3 Å². The summed E-state index contributed by atoms with van der Waals surface area (Å²) < 4.78 is 12.0. The monoisotopic (exact) mass is 579 g/mol. The molecule has 1 aromatic rings. The molecule has 3 rings (SSSR count). The van der Waals surface area contributed by atoms with Crippen LogP contribution in [-0.4, -0.2) is 38.4 Å². The molecule has 192 valence electrons. The first-order valence-corrected chi connectivity index (χ1v) is 13.7. The highest BCUT2D eigenvalue weighted by atomic mass is 32.2. The summed E-state index contributed by atoms with van der Waals surface area (Å²) in [6.45, 7) is 5.49. The van der Waals surface area contributed by atoms with Crippen LogP contribution in [0.3, 0.4) is 0 Å². The Hall–Kier alpha value is -2.65. The summed E-state index contributed by atoms with van der Waals surface area (Å²) in [6, 6.07) is 5.08. The molecule has 0 bridgehead atoms. The Morgan fingerprint density at radius 2 is 1.16 bits per heavy atom. The molecular formula is C22H17N3O8S4. The quantitative estimate of drug-likeness (QED) is 0.0703. The van der Waals surface area contributed by atoms with Gasteiger partial charge in [-0.05, 0) is 13.8 Å².